The molecule has 1 aliphatic heterocycles. The number of carbonyl (C=O) groups is 3. The molecule has 1 fully saturated rings. The maximum absolute atomic E-state index is 12.3. The van der Waals surface area contributed by atoms with Crippen LogP contribution in [0.4, 0.5) is 5.69 Å². The second kappa shape index (κ2) is 8.11. The quantitative estimate of drug-likeness (QED) is 0.721. The lowest BCUT2D eigenvalue weighted by Crippen LogP contribution is -2.27. The summed E-state index contributed by atoms with van der Waals surface area (Å²) in [7, 11) is 0. The van der Waals surface area contributed by atoms with Crippen LogP contribution < -0.4 is 10.6 Å². The molecule has 0 spiro atoms. The zero-order valence-electron chi connectivity index (χ0n) is 13.9. The van der Waals surface area contributed by atoms with Crippen LogP contribution in [0.2, 0.25) is 0 Å². The Bertz CT molecular complexity index is 826. The molecule has 0 aliphatic carbocycles. The molecule has 1 aliphatic rings. The maximum atomic E-state index is 12.3. The smallest absolute Gasteiger partial charge is 0.345 e. The van der Waals surface area contributed by atoms with Crippen LogP contribution >= 0.6 is 11.3 Å². The SMILES string of the molecule is O=C(NCc1ccc(C(=O)O)s1)c1cccc(NC(=O)C2CCCO2)c1. The molecule has 1 saturated heterocycles. The summed E-state index contributed by atoms with van der Waals surface area (Å²) in [6, 6.07) is 9.82. The van der Waals surface area contributed by atoms with Crippen molar-refractivity contribution >= 4 is 34.8 Å². The number of carboxylic acids is 1. The Balaban J connectivity index is 1.58. The number of hydrogen-bond acceptors (Lipinski definition) is 5. The van der Waals surface area contributed by atoms with Crippen molar-refractivity contribution < 1.29 is 24.2 Å². The van der Waals surface area contributed by atoms with E-state index in [4.69, 9.17) is 9.84 Å². The number of carbonyl (C=O) groups excluding carboxylic acids is 2. The number of ether oxygens (including phenoxy) is 1. The third-order valence-corrected chi connectivity index (χ3v) is 4.98. The van der Waals surface area contributed by atoms with E-state index in [0.29, 0.717) is 24.3 Å². The highest BCUT2D eigenvalue weighted by Crippen LogP contribution is 2.18. The zero-order chi connectivity index (χ0) is 18.5. The van der Waals surface area contributed by atoms with Crippen molar-refractivity contribution in [1.82, 2.24) is 5.32 Å². The molecule has 1 unspecified atom stereocenters. The molecule has 0 radical (unpaired) electrons. The van der Waals surface area contributed by atoms with Crippen molar-refractivity contribution in [3.05, 3.63) is 51.7 Å². The third kappa shape index (κ3) is 4.47. The van der Waals surface area contributed by atoms with E-state index in [9.17, 15) is 14.4 Å². The first-order valence-corrected chi connectivity index (χ1v) is 8.97. The number of thiophene rings is 1. The minimum absolute atomic E-state index is 0.208. The maximum Gasteiger partial charge on any atom is 0.345 e. The third-order valence-electron chi connectivity index (χ3n) is 3.91. The molecule has 1 aromatic heterocycles. The number of rotatable bonds is 6. The fourth-order valence-electron chi connectivity index (χ4n) is 2.60. The molecule has 2 amide bonds. The van der Waals surface area contributed by atoms with Crippen molar-refractivity contribution in [3.8, 4) is 0 Å². The molecule has 136 valence electrons. The zero-order valence-corrected chi connectivity index (χ0v) is 14.7. The van der Waals surface area contributed by atoms with E-state index in [2.05, 4.69) is 10.6 Å². The van der Waals surface area contributed by atoms with E-state index in [1.54, 1.807) is 30.3 Å². The first-order chi connectivity index (χ1) is 12.5. The number of amides is 2. The number of carboxylic acid groups (broad SMARTS) is 1. The van der Waals surface area contributed by atoms with Gasteiger partial charge in [0, 0.05) is 22.7 Å². The Labute approximate surface area is 154 Å². The highest BCUT2D eigenvalue weighted by Gasteiger charge is 2.23. The van der Waals surface area contributed by atoms with Gasteiger partial charge in [-0.2, -0.15) is 0 Å². The summed E-state index contributed by atoms with van der Waals surface area (Å²) >= 11 is 1.12. The number of aromatic carboxylic acids is 1. The highest BCUT2D eigenvalue weighted by molar-refractivity contribution is 7.13. The summed E-state index contributed by atoms with van der Waals surface area (Å²) in [6.45, 7) is 0.829. The minimum atomic E-state index is -0.984. The van der Waals surface area contributed by atoms with Crippen molar-refractivity contribution in [1.29, 1.82) is 0 Å². The number of anilines is 1. The van der Waals surface area contributed by atoms with Gasteiger partial charge in [0.2, 0.25) is 0 Å². The van der Waals surface area contributed by atoms with Crippen LogP contribution in [0.25, 0.3) is 0 Å². The van der Waals surface area contributed by atoms with Gasteiger partial charge < -0.3 is 20.5 Å². The molecule has 0 saturated carbocycles. The average molecular weight is 374 g/mol. The molecule has 1 atom stereocenters. The van der Waals surface area contributed by atoms with Gasteiger partial charge in [0.05, 0.1) is 6.54 Å². The predicted octanol–water partition coefficient (Wildman–Crippen LogP) is 2.49. The molecule has 26 heavy (non-hydrogen) atoms. The molecule has 2 aromatic rings. The van der Waals surface area contributed by atoms with Gasteiger partial charge in [0.15, 0.2) is 0 Å². The van der Waals surface area contributed by atoms with Crippen molar-refractivity contribution in [3.63, 3.8) is 0 Å². The van der Waals surface area contributed by atoms with Gasteiger partial charge in [-0.25, -0.2) is 4.79 Å². The van der Waals surface area contributed by atoms with E-state index in [1.807, 2.05) is 0 Å². The molecule has 0 bridgehead atoms. The van der Waals surface area contributed by atoms with Gasteiger partial charge in [-0.3, -0.25) is 9.59 Å². The van der Waals surface area contributed by atoms with Gasteiger partial charge in [0.1, 0.15) is 11.0 Å². The topological polar surface area (TPSA) is 105 Å². The van der Waals surface area contributed by atoms with Crippen molar-refractivity contribution in [2.75, 3.05) is 11.9 Å². The van der Waals surface area contributed by atoms with Gasteiger partial charge in [-0.1, -0.05) is 6.07 Å². The van der Waals surface area contributed by atoms with Gasteiger partial charge in [0.25, 0.3) is 11.8 Å². The Hall–Kier alpha value is -2.71. The standard InChI is InChI=1S/C18H18N2O5S/c21-16(19-10-13-6-7-15(26-13)18(23)24)11-3-1-4-12(9-11)20-17(22)14-5-2-8-25-14/h1,3-4,6-7,9,14H,2,5,8,10H2,(H,19,21)(H,20,22)(H,23,24). The molecular formula is C18H18N2O5S. The molecule has 3 N–H and O–H groups in total. The Morgan fingerprint density at radius 1 is 1.23 bits per heavy atom. The van der Waals surface area contributed by atoms with Crippen molar-refractivity contribution in [2.45, 2.75) is 25.5 Å². The fourth-order valence-corrected chi connectivity index (χ4v) is 3.39. The van der Waals surface area contributed by atoms with Gasteiger partial charge in [-0.05, 0) is 43.2 Å². The Kier molecular flexibility index (Phi) is 5.65. The molecular weight excluding hydrogens is 356 g/mol. The second-order valence-corrected chi connectivity index (χ2v) is 6.99. The van der Waals surface area contributed by atoms with Crippen LogP contribution in [0, 0.1) is 0 Å². The second-order valence-electron chi connectivity index (χ2n) is 5.83. The van der Waals surface area contributed by atoms with Crippen LogP contribution in [0.3, 0.4) is 0 Å². The first kappa shape index (κ1) is 18.1. The van der Waals surface area contributed by atoms with E-state index in [0.717, 1.165) is 22.6 Å². The van der Waals surface area contributed by atoms with E-state index in [1.165, 1.54) is 6.07 Å². The number of nitrogens with one attached hydrogen (secondary N) is 2. The lowest BCUT2D eigenvalue weighted by Gasteiger charge is -2.11. The van der Waals surface area contributed by atoms with E-state index >= 15 is 0 Å². The largest absolute Gasteiger partial charge is 0.477 e. The highest BCUT2D eigenvalue weighted by atomic mass is 32.1. The molecule has 1 aromatic carbocycles. The monoisotopic (exact) mass is 374 g/mol. The average Bonchev–Trinajstić information content (AvgIpc) is 3.31. The lowest BCUT2D eigenvalue weighted by molar-refractivity contribution is -0.124. The summed E-state index contributed by atoms with van der Waals surface area (Å²) in [4.78, 5) is 36.2. The van der Waals surface area contributed by atoms with E-state index < -0.39 is 12.1 Å². The first-order valence-electron chi connectivity index (χ1n) is 8.15. The normalized spacial score (nSPS) is 16.2. The summed E-state index contributed by atoms with van der Waals surface area (Å²) in [5.74, 6) is -1.49. The van der Waals surface area contributed by atoms with E-state index in [-0.39, 0.29) is 23.2 Å². The van der Waals surface area contributed by atoms with Gasteiger partial charge >= 0.3 is 5.97 Å². The van der Waals surface area contributed by atoms with Crippen molar-refractivity contribution in [2.24, 2.45) is 0 Å². The van der Waals surface area contributed by atoms with Gasteiger partial charge in [-0.15, -0.1) is 11.3 Å². The molecule has 3 rings (SSSR count). The lowest BCUT2D eigenvalue weighted by atomic mass is 10.1. The fraction of sp³-hybridized carbons (Fsp3) is 0.278. The van der Waals surface area contributed by atoms with Crippen LogP contribution in [0.1, 0.15) is 37.7 Å². The minimum Gasteiger partial charge on any atom is -0.477 e. The molecule has 7 nitrogen and oxygen atoms in total. The summed E-state index contributed by atoms with van der Waals surface area (Å²) < 4.78 is 5.34. The number of benzene rings is 1. The van der Waals surface area contributed by atoms with Crippen LogP contribution in [-0.4, -0.2) is 35.6 Å². The van der Waals surface area contributed by atoms with Crippen LogP contribution in [0.5, 0.6) is 0 Å². The Morgan fingerprint density at radius 2 is 2.08 bits per heavy atom. The summed E-state index contributed by atoms with van der Waals surface area (Å²) in [5.41, 5.74) is 0.938. The van der Waals surface area contributed by atoms with Crippen LogP contribution in [-0.2, 0) is 16.1 Å². The molecule has 2 heterocycles. The predicted molar refractivity (Wildman–Crippen MR) is 96.5 cm³/mol. The summed E-state index contributed by atoms with van der Waals surface area (Å²) in [5, 5.41) is 14.4. The summed E-state index contributed by atoms with van der Waals surface area (Å²) in [6.07, 6.45) is 1.13. The van der Waals surface area contributed by atoms with Crippen LogP contribution in [0.15, 0.2) is 36.4 Å². The number of hydrogen-bond donors (Lipinski definition) is 3. The Morgan fingerprint density at radius 3 is 2.77 bits per heavy atom. The molecule has 8 heteroatoms.